The third kappa shape index (κ3) is 5.24. The molecule has 9 nitrogen and oxygen atoms in total. The average Bonchev–Trinajstić information content (AvgIpc) is 3.46. The molecule has 2 N–H and O–H groups in total. The molecule has 0 spiro atoms. The number of nitrogens with one attached hydrogen (secondary N) is 1. The van der Waals surface area contributed by atoms with Crippen molar-refractivity contribution in [2.75, 3.05) is 50.9 Å². The summed E-state index contributed by atoms with van der Waals surface area (Å²) in [4.78, 5) is 23.7. The van der Waals surface area contributed by atoms with Crippen LogP contribution in [0.5, 0.6) is 5.75 Å². The third-order valence-electron chi connectivity index (χ3n) is 7.72. The van der Waals surface area contributed by atoms with Gasteiger partial charge in [0.05, 0.1) is 18.8 Å². The minimum Gasteiger partial charge on any atom is -0.489 e. The Bertz CT molecular complexity index is 1540. The van der Waals surface area contributed by atoms with Crippen LogP contribution in [0.4, 0.5) is 5.69 Å². The Labute approximate surface area is 232 Å². The third-order valence-corrected chi connectivity index (χ3v) is 7.72. The number of pyridine rings is 1. The van der Waals surface area contributed by atoms with Crippen LogP contribution in [0.2, 0.25) is 0 Å². The molecular formula is C31H31N5O4. The van der Waals surface area contributed by atoms with Crippen LogP contribution in [0.3, 0.4) is 0 Å². The highest BCUT2D eigenvalue weighted by Gasteiger charge is 2.24. The number of anilines is 1. The number of nitriles is 1. The number of rotatable bonds is 6. The minimum atomic E-state index is -0.475. The first kappa shape index (κ1) is 25.9. The normalized spacial score (nSPS) is 16.2. The van der Waals surface area contributed by atoms with Crippen LogP contribution in [0.15, 0.2) is 60.8 Å². The van der Waals surface area contributed by atoms with Crippen molar-refractivity contribution in [1.29, 1.82) is 5.26 Å². The van der Waals surface area contributed by atoms with Crippen LogP contribution in [-0.4, -0.2) is 78.0 Å². The maximum Gasteiger partial charge on any atom is 0.248 e. The minimum absolute atomic E-state index is 0.0878. The Hall–Kier alpha value is -4.39. The van der Waals surface area contributed by atoms with Crippen molar-refractivity contribution in [2.24, 2.45) is 0 Å². The molecule has 4 heterocycles. The van der Waals surface area contributed by atoms with Crippen LogP contribution in [0, 0.1) is 11.3 Å². The van der Waals surface area contributed by atoms with Crippen molar-refractivity contribution >= 4 is 22.6 Å². The summed E-state index contributed by atoms with van der Waals surface area (Å²) in [5, 5.41) is 20.0. The zero-order valence-corrected chi connectivity index (χ0v) is 22.2. The van der Waals surface area contributed by atoms with Gasteiger partial charge in [-0.1, -0.05) is 18.2 Å². The van der Waals surface area contributed by atoms with Crippen molar-refractivity contribution in [3.8, 4) is 34.2 Å². The van der Waals surface area contributed by atoms with E-state index in [2.05, 4.69) is 51.3 Å². The fourth-order valence-corrected chi connectivity index (χ4v) is 5.50. The first-order chi connectivity index (χ1) is 19.6. The Kier molecular flexibility index (Phi) is 7.36. The van der Waals surface area contributed by atoms with E-state index < -0.39 is 6.61 Å². The second kappa shape index (κ2) is 11.4. The summed E-state index contributed by atoms with van der Waals surface area (Å²) in [7, 11) is 0. The molecule has 40 heavy (non-hydrogen) atoms. The molecule has 2 aliphatic heterocycles. The number of ether oxygens (including phenoxy) is 2. The van der Waals surface area contributed by atoms with Crippen molar-refractivity contribution in [3.63, 3.8) is 0 Å². The van der Waals surface area contributed by atoms with Crippen LogP contribution < -0.4 is 9.64 Å². The van der Waals surface area contributed by atoms with E-state index in [-0.39, 0.29) is 12.0 Å². The number of carbonyl (C=O) groups is 1. The number of piperidine rings is 1. The second-order valence-corrected chi connectivity index (χ2v) is 10.1. The van der Waals surface area contributed by atoms with Crippen LogP contribution in [-0.2, 0) is 9.53 Å². The predicted octanol–water partition coefficient (Wildman–Crippen LogP) is 3.97. The number of likely N-dealkylation sites (tertiary alicyclic amines) is 1. The Morgan fingerprint density at radius 1 is 1.05 bits per heavy atom. The standard InChI is InChI=1S/C31H31N5O4/c32-19-23-17-22(3-6-29(23)40-25-8-11-36(12-9-25)30(38)20-37)26-7-10-33-31-27(26)18-28(34-31)21-1-4-24(5-2-21)35-13-15-39-16-14-35/h1-7,10,17-18,25,37H,8-9,11-16,20H2,(H,33,34). The summed E-state index contributed by atoms with van der Waals surface area (Å²) < 4.78 is 11.6. The van der Waals surface area contributed by atoms with Gasteiger partial charge < -0.3 is 29.4 Å². The smallest absolute Gasteiger partial charge is 0.248 e. The number of aromatic amines is 1. The summed E-state index contributed by atoms with van der Waals surface area (Å²) in [6.07, 6.45) is 3.00. The number of aliphatic hydroxyl groups is 1. The van der Waals surface area contributed by atoms with E-state index >= 15 is 0 Å². The molecule has 0 aliphatic carbocycles. The van der Waals surface area contributed by atoms with Gasteiger partial charge in [-0.05, 0) is 53.1 Å². The largest absolute Gasteiger partial charge is 0.489 e. The van der Waals surface area contributed by atoms with Crippen LogP contribution >= 0.6 is 0 Å². The molecule has 0 radical (unpaired) electrons. The molecule has 0 saturated carbocycles. The van der Waals surface area contributed by atoms with Crippen molar-refractivity contribution in [1.82, 2.24) is 14.9 Å². The summed E-state index contributed by atoms with van der Waals surface area (Å²) in [6, 6.07) is 20.6. The van der Waals surface area contributed by atoms with Crippen LogP contribution in [0.1, 0.15) is 18.4 Å². The molecule has 2 fully saturated rings. The Morgan fingerprint density at radius 2 is 1.80 bits per heavy atom. The first-order valence-corrected chi connectivity index (χ1v) is 13.6. The van der Waals surface area contributed by atoms with Gasteiger partial charge in [-0.2, -0.15) is 5.26 Å². The number of amides is 1. The van der Waals surface area contributed by atoms with Crippen LogP contribution in [0.25, 0.3) is 33.4 Å². The Morgan fingerprint density at radius 3 is 2.52 bits per heavy atom. The van der Waals surface area contributed by atoms with Gasteiger partial charge in [0.1, 0.15) is 30.2 Å². The molecular weight excluding hydrogens is 506 g/mol. The lowest BCUT2D eigenvalue weighted by atomic mass is 10.0. The topological polar surface area (TPSA) is 115 Å². The number of H-pyrrole nitrogens is 1. The van der Waals surface area contributed by atoms with Crippen molar-refractivity contribution < 1.29 is 19.4 Å². The Balaban J connectivity index is 1.22. The lowest BCUT2D eigenvalue weighted by Gasteiger charge is -2.32. The molecule has 0 bridgehead atoms. The molecule has 2 aromatic heterocycles. The summed E-state index contributed by atoms with van der Waals surface area (Å²) >= 11 is 0. The number of nitrogens with zero attached hydrogens (tertiary/aromatic N) is 4. The first-order valence-electron chi connectivity index (χ1n) is 13.6. The lowest BCUT2D eigenvalue weighted by molar-refractivity contribution is -0.135. The molecule has 9 heteroatoms. The fraction of sp³-hybridized carbons (Fsp3) is 0.323. The molecule has 0 unspecified atom stereocenters. The monoisotopic (exact) mass is 537 g/mol. The van der Waals surface area contributed by atoms with Crippen molar-refractivity contribution in [3.05, 3.63) is 66.4 Å². The van der Waals surface area contributed by atoms with Gasteiger partial charge in [0.2, 0.25) is 5.91 Å². The van der Waals surface area contributed by atoms with Gasteiger partial charge in [0.15, 0.2) is 0 Å². The molecule has 204 valence electrons. The molecule has 1 amide bonds. The van der Waals surface area contributed by atoms with E-state index in [1.165, 1.54) is 5.69 Å². The van der Waals surface area contributed by atoms with Gasteiger partial charge in [0, 0.05) is 62.0 Å². The quantitative estimate of drug-likeness (QED) is 0.383. The van der Waals surface area contributed by atoms with Gasteiger partial charge in [-0.15, -0.1) is 0 Å². The van der Waals surface area contributed by atoms with E-state index in [1.54, 1.807) is 11.1 Å². The molecule has 2 aromatic carbocycles. The molecule has 0 atom stereocenters. The second-order valence-electron chi connectivity index (χ2n) is 10.1. The number of hydrogen-bond acceptors (Lipinski definition) is 7. The van der Waals surface area contributed by atoms with E-state index in [9.17, 15) is 10.1 Å². The number of morpholine rings is 1. The zero-order chi connectivity index (χ0) is 27.5. The van der Waals surface area contributed by atoms with Gasteiger partial charge in [-0.3, -0.25) is 4.79 Å². The van der Waals surface area contributed by atoms with E-state index in [0.29, 0.717) is 37.2 Å². The number of aliphatic hydroxyl groups excluding tert-OH is 1. The summed E-state index contributed by atoms with van der Waals surface area (Å²) in [5.41, 5.74) is 6.39. The van der Waals surface area contributed by atoms with E-state index in [1.807, 2.05) is 24.3 Å². The highest BCUT2D eigenvalue weighted by molar-refractivity contribution is 5.96. The van der Waals surface area contributed by atoms with Gasteiger partial charge >= 0.3 is 0 Å². The maximum absolute atomic E-state index is 11.7. The molecule has 2 saturated heterocycles. The molecule has 2 aliphatic rings. The number of aromatic nitrogens is 2. The number of benzene rings is 2. The fourth-order valence-electron chi connectivity index (χ4n) is 5.50. The van der Waals surface area contributed by atoms with Gasteiger partial charge in [0.25, 0.3) is 0 Å². The SMILES string of the molecule is N#Cc1cc(-c2ccnc3[nH]c(-c4ccc(N5CCOCC5)cc4)cc23)ccc1OC1CCN(C(=O)CO)CC1. The highest BCUT2D eigenvalue weighted by atomic mass is 16.5. The zero-order valence-electron chi connectivity index (χ0n) is 22.2. The maximum atomic E-state index is 11.7. The number of carbonyl (C=O) groups excluding carboxylic acids is 1. The van der Waals surface area contributed by atoms with Crippen molar-refractivity contribution in [2.45, 2.75) is 18.9 Å². The highest BCUT2D eigenvalue weighted by Crippen LogP contribution is 2.34. The molecule has 4 aromatic rings. The van der Waals surface area contributed by atoms with E-state index in [0.717, 1.165) is 59.7 Å². The average molecular weight is 538 g/mol. The van der Waals surface area contributed by atoms with Gasteiger partial charge in [-0.25, -0.2) is 4.98 Å². The molecule has 6 rings (SSSR count). The number of hydrogen-bond donors (Lipinski definition) is 2. The summed E-state index contributed by atoms with van der Waals surface area (Å²) in [6.45, 7) is 3.90. The summed E-state index contributed by atoms with van der Waals surface area (Å²) in [5.74, 6) is 0.278. The number of fused-ring (bicyclic) bond motifs is 1. The lowest BCUT2D eigenvalue weighted by Crippen LogP contribution is -2.42. The predicted molar refractivity (Wildman–Crippen MR) is 152 cm³/mol. The van der Waals surface area contributed by atoms with E-state index in [4.69, 9.17) is 14.6 Å².